The summed E-state index contributed by atoms with van der Waals surface area (Å²) in [4.78, 5) is 36.6. The molecular weight excluding hydrogens is 296 g/mol. The van der Waals surface area contributed by atoms with E-state index in [1.807, 2.05) is 6.92 Å². The maximum Gasteiger partial charge on any atom is 0.369 e. The highest BCUT2D eigenvalue weighted by molar-refractivity contribution is 7.72. The minimum Gasteiger partial charge on any atom is -0.367 e. The topological polar surface area (TPSA) is 161 Å². The first-order valence-corrected chi connectivity index (χ1v) is 9.23. The molecule has 0 aromatic rings. The Hall–Kier alpha value is 0.220. The van der Waals surface area contributed by atoms with Gasteiger partial charge in [0.05, 0.1) is 0 Å². The highest BCUT2D eigenvalue weighted by Gasteiger charge is 2.64. The quantitative estimate of drug-likeness (QED) is 0.399. The third-order valence-corrected chi connectivity index (χ3v) is 7.93. The fourth-order valence-electron chi connectivity index (χ4n) is 2.68. The van der Waals surface area contributed by atoms with E-state index in [9.17, 15) is 14.2 Å². The third kappa shape index (κ3) is 3.28. The van der Waals surface area contributed by atoms with E-state index >= 15 is 0 Å². The highest BCUT2D eigenvalue weighted by atomic mass is 31.2. The SMILES string of the molecule is CC(N)C1CCC(C(O)(P(=O)(O)O)P(=O)(O)O)CC1. The summed E-state index contributed by atoms with van der Waals surface area (Å²) in [5.74, 6) is -1.00. The van der Waals surface area contributed by atoms with Gasteiger partial charge in [0.1, 0.15) is 0 Å². The normalized spacial score (nSPS) is 28.2. The molecule has 0 heterocycles. The van der Waals surface area contributed by atoms with Crippen molar-refractivity contribution in [3.05, 3.63) is 0 Å². The number of nitrogens with two attached hydrogens (primary N) is 1. The predicted molar refractivity (Wildman–Crippen MR) is 68.1 cm³/mol. The second-order valence-electron chi connectivity index (χ2n) is 5.25. The molecule has 1 fully saturated rings. The van der Waals surface area contributed by atoms with Crippen LogP contribution in [0.1, 0.15) is 32.6 Å². The van der Waals surface area contributed by atoms with Crippen LogP contribution in [-0.4, -0.2) is 35.8 Å². The van der Waals surface area contributed by atoms with Crippen LogP contribution in [0.3, 0.4) is 0 Å². The van der Waals surface area contributed by atoms with Gasteiger partial charge in [-0.2, -0.15) is 0 Å². The van der Waals surface area contributed by atoms with E-state index < -0.39 is 26.2 Å². The van der Waals surface area contributed by atoms with Gasteiger partial charge in [0, 0.05) is 12.0 Å². The molecule has 1 atom stereocenters. The molecular formula is C9H21NO7P2. The Morgan fingerprint density at radius 2 is 1.42 bits per heavy atom. The average molecular weight is 317 g/mol. The van der Waals surface area contributed by atoms with Crippen molar-refractivity contribution in [2.75, 3.05) is 0 Å². The summed E-state index contributed by atoms with van der Waals surface area (Å²) in [6.45, 7) is 1.81. The van der Waals surface area contributed by atoms with Crippen LogP contribution >= 0.6 is 15.2 Å². The summed E-state index contributed by atoms with van der Waals surface area (Å²) in [6, 6.07) is -0.0980. The van der Waals surface area contributed by atoms with Crippen LogP contribution in [0, 0.1) is 11.8 Å². The fraction of sp³-hybridized carbons (Fsp3) is 1.00. The Morgan fingerprint density at radius 3 is 1.68 bits per heavy atom. The van der Waals surface area contributed by atoms with Gasteiger partial charge < -0.3 is 30.4 Å². The molecule has 8 nitrogen and oxygen atoms in total. The molecule has 114 valence electrons. The van der Waals surface area contributed by atoms with E-state index in [1.165, 1.54) is 0 Å². The van der Waals surface area contributed by atoms with E-state index in [0.717, 1.165) is 0 Å². The fourth-order valence-corrected chi connectivity index (χ4v) is 5.50. The Labute approximate surface area is 111 Å². The second-order valence-corrected chi connectivity index (χ2v) is 9.14. The van der Waals surface area contributed by atoms with Gasteiger partial charge in [0.2, 0.25) is 0 Å². The molecule has 0 amide bonds. The van der Waals surface area contributed by atoms with Crippen LogP contribution in [0.2, 0.25) is 0 Å². The Balaban J connectivity index is 2.99. The van der Waals surface area contributed by atoms with E-state index in [2.05, 4.69) is 0 Å². The molecule has 1 saturated carbocycles. The molecule has 0 aliphatic heterocycles. The number of hydrogen-bond donors (Lipinski definition) is 6. The molecule has 10 heteroatoms. The first kappa shape index (κ1) is 17.3. The van der Waals surface area contributed by atoms with Crippen molar-refractivity contribution in [3.8, 4) is 0 Å². The van der Waals surface area contributed by atoms with Crippen LogP contribution in [0.25, 0.3) is 0 Å². The molecule has 0 aromatic carbocycles. The summed E-state index contributed by atoms with van der Waals surface area (Å²) in [5.41, 5.74) is 5.72. The molecule has 7 N–H and O–H groups in total. The van der Waals surface area contributed by atoms with Crippen molar-refractivity contribution in [1.82, 2.24) is 0 Å². The van der Waals surface area contributed by atoms with Crippen molar-refractivity contribution >= 4 is 15.2 Å². The minimum absolute atomic E-state index is 0.0980. The third-order valence-electron chi connectivity index (χ3n) is 3.92. The van der Waals surface area contributed by atoms with E-state index in [4.69, 9.17) is 25.3 Å². The molecule has 1 rings (SSSR count). The van der Waals surface area contributed by atoms with Crippen molar-refractivity contribution in [2.24, 2.45) is 17.6 Å². The van der Waals surface area contributed by atoms with Crippen molar-refractivity contribution < 1.29 is 33.8 Å². The lowest BCUT2D eigenvalue weighted by Gasteiger charge is -2.40. The standard InChI is InChI=1S/C9H21NO7P2/c1-6(10)7-2-4-8(5-3-7)9(11,18(12,13)14)19(15,16)17/h6-8,11H,2-5,10H2,1H3,(H2,12,13,14)(H2,15,16,17). The van der Waals surface area contributed by atoms with E-state index in [1.54, 1.807) is 0 Å². The van der Waals surface area contributed by atoms with Gasteiger partial charge in [-0.1, -0.05) is 0 Å². The molecule has 19 heavy (non-hydrogen) atoms. The molecule has 0 aromatic heterocycles. The lowest BCUT2D eigenvalue weighted by molar-refractivity contribution is 0.0505. The van der Waals surface area contributed by atoms with Gasteiger partial charge in [0.25, 0.3) is 5.08 Å². The maximum absolute atomic E-state index is 11.3. The van der Waals surface area contributed by atoms with Crippen LogP contribution < -0.4 is 5.73 Å². The van der Waals surface area contributed by atoms with Gasteiger partial charge in [0.15, 0.2) is 0 Å². The van der Waals surface area contributed by atoms with Crippen molar-refractivity contribution in [1.29, 1.82) is 0 Å². The van der Waals surface area contributed by atoms with Crippen LogP contribution in [0.15, 0.2) is 0 Å². The van der Waals surface area contributed by atoms with Crippen LogP contribution in [0.5, 0.6) is 0 Å². The summed E-state index contributed by atoms with van der Waals surface area (Å²) in [7, 11) is -10.7. The highest BCUT2D eigenvalue weighted by Crippen LogP contribution is 2.72. The Kier molecular flexibility index (Phi) is 5.04. The summed E-state index contributed by atoms with van der Waals surface area (Å²) in [6.07, 6.45) is 1.20. The van der Waals surface area contributed by atoms with Crippen molar-refractivity contribution in [2.45, 2.75) is 43.7 Å². The second kappa shape index (κ2) is 5.54. The average Bonchev–Trinajstić information content (AvgIpc) is 2.25. The molecule has 1 aliphatic rings. The number of hydrogen-bond acceptors (Lipinski definition) is 4. The first-order valence-electron chi connectivity index (χ1n) is 6.00. The van der Waals surface area contributed by atoms with Gasteiger partial charge in [-0.15, -0.1) is 0 Å². The largest absolute Gasteiger partial charge is 0.369 e. The first-order chi connectivity index (χ1) is 8.41. The zero-order valence-corrected chi connectivity index (χ0v) is 12.4. The van der Waals surface area contributed by atoms with Crippen molar-refractivity contribution in [3.63, 3.8) is 0 Å². The summed E-state index contributed by atoms with van der Waals surface area (Å²) >= 11 is 0. The molecule has 1 unspecified atom stereocenters. The van der Waals surface area contributed by atoms with Crippen LogP contribution in [-0.2, 0) is 9.13 Å². The van der Waals surface area contributed by atoms with E-state index in [-0.39, 0.29) is 24.8 Å². The molecule has 0 bridgehead atoms. The molecule has 0 radical (unpaired) electrons. The Bertz CT molecular complexity index is 385. The summed E-state index contributed by atoms with van der Waals surface area (Å²) < 4.78 is 22.7. The molecule has 0 spiro atoms. The molecule has 1 aliphatic carbocycles. The predicted octanol–water partition coefficient (Wildman–Crippen LogP) is 0.141. The smallest absolute Gasteiger partial charge is 0.367 e. The zero-order chi connectivity index (χ0) is 15.1. The number of aliphatic hydroxyl groups is 1. The lowest BCUT2D eigenvalue weighted by Crippen LogP contribution is -2.41. The monoisotopic (exact) mass is 317 g/mol. The van der Waals surface area contributed by atoms with Gasteiger partial charge in [-0.05, 0) is 38.5 Å². The Morgan fingerprint density at radius 1 is 1.05 bits per heavy atom. The lowest BCUT2D eigenvalue weighted by atomic mass is 9.79. The summed E-state index contributed by atoms with van der Waals surface area (Å²) in [5, 5.41) is 6.69. The number of rotatable bonds is 4. The zero-order valence-electron chi connectivity index (χ0n) is 10.6. The molecule has 0 saturated heterocycles. The van der Waals surface area contributed by atoms with Crippen LogP contribution in [0.4, 0.5) is 0 Å². The van der Waals surface area contributed by atoms with Gasteiger partial charge in [-0.25, -0.2) is 0 Å². The van der Waals surface area contributed by atoms with Gasteiger partial charge >= 0.3 is 15.2 Å². The van der Waals surface area contributed by atoms with Gasteiger partial charge in [-0.3, -0.25) is 9.13 Å². The minimum atomic E-state index is -5.36. The van der Waals surface area contributed by atoms with E-state index in [0.29, 0.717) is 12.8 Å². The maximum atomic E-state index is 11.3.